The average Bonchev–Trinajstić information content (AvgIpc) is 3.13. The topological polar surface area (TPSA) is 69.6 Å². The zero-order valence-electron chi connectivity index (χ0n) is 14.0. The van der Waals surface area contributed by atoms with E-state index in [1.807, 2.05) is 4.90 Å². The number of nitrogens with one attached hydrogen (secondary N) is 1. The largest absolute Gasteiger partial charge is 0.396 e. The third-order valence-corrected chi connectivity index (χ3v) is 6.02. The molecule has 3 aliphatic rings. The molecule has 3 rings (SSSR count). The molecular formula is C18H30N2O3. The van der Waals surface area contributed by atoms with E-state index in [0.717, 1.165) is 38.5 Å². The summed E-state index contributed by atoms with van der Waals surface area (Å²) >= 11 is 0. The fourth-order valence-corrected chi connectivity index (χ4v) is 4.57. The molecule has 1 heterocycles. The van der Waals surface area contributed by atoms with Crippen LogP contribution in [-0.2, 0) is 9.59 Å². The molecule has 23 heavy (non-hydrogen) atoms. The van der Waals surface area contributed by atoms with Crippen molar-refractivity contribution in [2.75, 3.05) is 13.2 Å². The highest BCUT2D eigenvalue weighted by Gasteiger charge is 2.39. The van der Waals surface area contributed by atoms with Crippen molar-refractivity contribution in [2.45, 2.75) is 76.3 Å². The highest BCUT2D eigenvalue weighted by atomic mass is 16.3. The summed E-state index contributed by atoms with van der Waals surface area (Å²) in [5, 5.41) is 12.7. The maximum absolute atomic E-state index is 12.6. The lowest BCUT2D eigenvalue weighted by Crippen LogP contribution is -2.44. The third-order valence-electron chi connectivity index (χ3n) is 6.02. The van der Waals surface area contributed by atoms with Crippen LogP contribution in [0.1, 0.15) is 64.2 Å². The molecule has 1 aliphatic heterocycles. The first-order valence-corrected chi connectivity index (χ1v) is 9.39. The zero-order valence-corrected chi connectivity index (χ0v) is 14.0. The van der Waals surface area contributed by atoms with Crippen molar-refractivity contribution in [3.63, 3.8) is 0 Å². The van der Waals surface area contributed by atoms with Gasteiger partial charge < -0.3 is 15.3 Å². The smallest absolute Gasteiger partial charge is 0.225 e. The van der Waals surface area contributed by atoms with Crippen molar-refractivity contribution in [2.24, 2.45) is 11.8 Å². The summed E-state index contributed by atoms with van der Waals surface area (Å²) < 4.78 is 0. The lowest BCUT2D eigenvalue weighted by molar-refractivity contribution is -0.130. The van der Waals surface area contributed by atoms with E-state index >= 15 is 0 Å². The van der Waals surface area contributed by atoms with Crippen molar-refractivity contribution in [3.8, 4) is 0 Å². The van der Waals surface area contributed by atoms with E-state index in [1.54, 1.807) is 0 Å². The first-order chi connectivity index (χ1) is 11.2. The van der Waals surface area contributed by atoms with Gasteiger partial charge in [-0.2, -0.15) is 0 Å². The number of hydrogen-bond donors (Lipinski definition) is 2. The number of nitrogens with zero attached hydrogens (tertiary/aromatic N) is 1. The van der Waals surface area contributed by atoms with Gasteiger partial charge in [-0.3, -0.25) is 9.59 Å². The predicted octanol–water partition coefficient (Wildman–Crippen LogP) is 1.83. The number of rotatable bonds is 4. The molecule has 2 saturated carbocycles. The van der Waals surface area contributed by atoms with E-state index in [1.165, 1.54) is 19.3 Å². The second-order valence-electron chi connectivity index (χ2n) is 7.58. The monoisotopic (exact) mass is 322 g/mol. The Kier molecular flexibility index (Phi) is 5.57. The molecule has 0 radical (unpaired) electrons. The van der Waals surface area contributed by atoms with Gasteiger partial charge in [-0.05, 0) is 25.7 Å². The van der Waals surface area contributed by atoms with Crippen LogP contribution >= 0.6 is 0 Å². The first kappa shape index (κ1) is 16.7. The fraction of sp³-hybridized carbons (Fsp3) is 0.889. The summed E-state index contributed by atoms with van der Waals surface area (Å²) in [6.45, 7) is 0.731. The highest BCUT2D eigenvalue weighted by molar-refractivity contribution is 5.89. The van der Waals surface area contributed by atoms with Crippen molar-refractivity contribution in [3.05, 3.63) is 0 Å². The molecule has 2 N–H and O–H groups in total. The normalized spacial score (nSPS) is 33.0. The van der Waals surface area contributed by atoms with Crippen molar-refractivity contribution in [1.82, 2.24) is 10.2 Å². The first-order valence-electron chi connectivity index (χ1n) is 9.39. The quantitative estimate of drug-likeness (QED) is 0.776. The van der Waals surface area contributed by atoms with Crippen LogP contribution in [-0.4, -0.2) is 47.1 Å². The molecule has 1 saturated heterocycles. The number of likely N-dealkylation sites (tertiary alicyclic amines) is 1. The van der Waals surface area contributed by atoms with Crippen LogP contribution in [0.5, 0.6) is 0 Å². The zero-order chi connectivity index (χ0) is 16.2. The summed E-state index contributed by atoms with van der Waals surface area (Å²) in [4.78, 5) is 26.8. The maximum atomic E-state index is 12.6. The number of aliphatic hydroxyl groups is 1. The highest BCUT2D eigenvalue weighted by Crippen LogP contribution is 2.30. The number of carbonyl (C=O) groups excluding carboxylic acids is 2. The van der Waals surface area contributed by atoms with Crippen molar-refractivity contribution in [1.29, 1.82) is 0 Å². The molecule has 0 spiro atoms. The van der Waals surface area contributed by atoms with Gasteiger partial charge in [0, 0.05) is 37.6 Å². The van der Waals surface area contributed by atoms with Gasteiger partial charge in [-0.1, -0.05) is 32.1 Å². The van der Waals surface area contributed by atoms with E-state index < -0.39 is 0 Å². The van der Waals surface area contributed by atoms with Crippen LogP contribution in [0, 0.1) is 11.8 Å². The minimum absolute atomic E-state index is 0.0178. The molecule has 2 aliphatic carbocycles. The minimum atomic E-state index is -0.203. The minimum Gasteiger partial charge on any atom is -0.396 e. The average molecular weight is 322 g/mol. The lowest BCUT2D eigenvalue weighted by Gasteiger charge is -2.27. The predicted molar refractivity (Wildman–Crippen MR) is 87.7 cm³/mol. The number of amides is 2. The van der Waals surface area contributed by atoms with E-state index in [9.17, 15) is 14.7 Å². The standard InChI is InChI=1S/C18H30N2O3/c21-12-13-6-2-1-3-9-16(13)19-18(23)14-10-17(22)20(11-14)15-7-4-5-8-15/h13-16,21H,1-12H2,(H,19,23). The van der Waals surface area contributed by atoms with Crippen LogP contribution < -0.4 is 5.32 Å². The summed E-state index contributed by atoms with van der Waals surface area (Å²) in [7, 11) is 0. The van der Waals surface area contributed by atoms with E-state index in [-0.39, 0.29) is 36.3 Å². The van der Waals surface area contributed by atoms with Crippen LogP contribution in [0.25, 0.3) is 0 Å². The van der Waals surface area contributed by atoms with E-state index in [2.05, 4.69) is 5.32 Å². The van der Waals surface area contributed by atoms with E-state index in [0.29, 0.717) is 19.0 Å². The Morgan fingerprint density at radius 1 is 1.09 bits per heavy atom. The number of aliphatic hydroxyl groups excluding tert-OH is 1. The molecule has 5 heteroatoms. The molecule has 2 amide bonds. The summed E-state index contributed by atoms with van der Waals surface area (Å²) in [6, 6.07) is 0.439. The number of hydrogen-bond acceptors (Lipinski definition) is 3. The molecule has 3 fully saturated rings. The van der Waals surface area contributed by atoms with Gasteiger partial charge in [-0.15, -0.1) is 0 Å². The second-order valence-corrected chi connectivity index (χ2v) is 7.58. The Balaban J connectivity index is 1.56. The van der Waals surface area contributed by atoms with E-state index in [4.69, 9.17) is 0 Å². The molecule has 0 aromatic carbocycles. The summed E-state index contributed by atoms with van der Waals surface area (Å²) in [5.41, 5.74) is 0. The second kappa shape index (κ2) is 7.65. The fourth-order valence-electron chi connectivity index (χ4n) is 4.57. The molecular weight excluding hydrogens is 292 g/mol. The molecule has 0 aromatic rings. The van der Waals surface area contributed by atoms with Crippen LogP contribution in [0.4, 0.5) is 0 Å². The van der Waals surface area contributed by atoms with Gasteiger partial charge >= 0.3 is 0 Å². The van der Waals surface area contributed by atoms with Gasteiger partial charge in [0.1, 0.15) is 0 Å². The maximum Gasteiger partial charge on any atom is 0.225 e. The lowest BCUT2D eigenvalue weighted by atomic mass is 9.94. The Hall–Kier alpha value is -1.10. The van der Waals surface area contributed by atoms with Crippen LogP contribution in [0.3, 0.4) is 0 Å². The summed E-state index contributed by atoms with van der Waals surface area (Å²) in [6.07, 6.45) is 10.3. The molecule has 5 nitrogen and oxygen atoms in total. The summed E-state index contributed by atoms with van der Waals surface area (Å²) in [5.74, 6) is 0.135. The van der Waals surface area contributed by atoms with Gasteiger partial charge in [0.15, 0.2) is 0 Å². The number of carbonyl (C=O) groups is 2. The van der Waals surface area contributed by atoms with Gasteiger partial charge in [0.2, 0.25) is 11.8 Å². The Labute approximate surface area is 138 Å². The van der Waals surface area contributed by atoms with Gasteiger partial charge in [-0.25, -0.2) is 0 Å². The third kappa shape index (κ3) is 3.87. The van der Waals surface area contributed by atoms with Gasteiger partial charge in [0.25, 0.3) is 0 Å². The molecule has 0 aromatic heterocycles. The van der Waals surface area contributed by atoms with Gasteiger partial charge in [0.05, 0.1) is 5.92 Å². The van der Waals surface area contributed by atoms with Crippen LogP contribution in [0.2, 0.25) is 0 Å². The van der Waals surface area contributed by atoms with Crippen LogP contribution in [0.15, 0.2) is 0 Å². The van der Waals surface area contributed by atoms with Crippen molar-refractivity contribution < 1.29 is 14.7 Å². The molecule has 3 atom stereocenters. The SMILES string of the molecule is O=C(NC1CCCCCC1CO)C1CC(=O)N(C2CCCC2)C1. The molecule has 130 valence electrons. The molecule has 3 unspecified atom stereocenters. The van der Waals surface area contributed by atoms with Crippen molar-refractivity contribution >= 4 is 11.8 Å². The Bertz CT molecular complexity index is 434. The Morgan fingerprint density at radius 2 is 1.78 bits per heavy atom. The Morgan fingerprint density at radius 3 is 2.52 bits per heavy atom. The molecule has 0 bridgehead atoms.